The molecule has 0 bridgehead atoms. The van der Waals surface area contributed by atoms with Crippen molar-refractivity contribution < 1.29 is 22.6 Å². The number of nitrogens with one attached hydrogen (secondary N) is 1. The second-order valence-corrected chi connectivity index (χ2v) is 24.2. The van der Waals surface area contributed by atoms with E-state index in [9.17, 15) is 9.59 Å². The summed E-state index contributed by atoms with van der Waals surface area (Å²) in [4.78, 5) is 26.8. The standard InChI is InChI=1S/C26H42FN2O6PS2Si/c1-15(2)17-10-11-26(7)19(12-17)34-36(37,38-26)32-14-18-21(35-39(8,9)25(4,5)6)20(27)23(33-18)29-13-16(3)22(30)28-24(29)31/h13,17-21,23H,1,10-12,14H2,2-9H3,(H,28,30,31)/t17-,18-,19+,20-,21-,23-,26+,36+/m1/s1. The Morgan fingerprint density at radius 3 is 2.69 bits per heavy atom. The van der Waals surface area contributed by atoms with Crippen LogP contribution in [-0.2, 0) is 30.0 Å². The molecule has 3 heterocycles. The van der Waals surface area contributed by atoms with Crippen LogP contribution in [0.5, 0.6) is 0 Å². The first-order valence-corrected chi connectivity index (χ1v) is 20.4. The summed E-state index contributed by atoms with van der Waals surface area (Å²) < 4.78 is 42.5. The van der Waals surface area contributed by atoms with E-state index in [0.29, 0.717) is 5.92 Å². The number of allylic oxidation sites excluding steroid dienone is 1. The summed E-state index contributed by atoms with van der Waals surface area (Å²) in [5, 5.41) is -0.178. The first-order chi connectivity index (χ1) is 17.9. The molecule has 2 saturated heterocycles. The van der Waals surface area contributed by atoms with Crippen molar-refractivity contribution in [1.29, 1.82) is 0 Å². The molecule has 39 heavy (non-hydrogen) atoms. The van der Waals surface area contributed by atoms with Gasteiger partial charge in [0.15, 0.2) is 20.7 Å². The molecular weight excluding hydrogens is 578 g/mol. The van der Waals surface area contributed by atoms with Crippen molar-refractivity contribution in [3.63, 3.8) is 0 Å². The predicted molar refractivity (Wildman–Crippen MR) is 160 cm³/mol. The highest BCUT2D eigenvalue weighted by Crippen LogP contribution is 2.75. The Bertz CT molecular complexity index is 1280. The van der Waals surface area contributed by atoms with Crippen LogP contribution in [0.3, 0.4) is 0 Å². The van der Waals surface area contributed by atoms with Gasteiger partial charge < -0.3 is 18.2 Å². The summed E-state index contributed by atoms with van der Waals surface area (Å²) in [6.07, 6.45) is -0.573. The van der Waals surface area contributed by atoms with Gasteiger partial charge in [0.05, 0.1) is 12.7 Å². The lowest BCUT2D eigenvalue weighted by molar-refractivity contribution is -0.0441. The zero-order valence-corrected chi connectivity index (χ0v) is 27.6. The van der Waals surface area contributed by atoms with E-state index in [1.54, 1.807) is 18.3 Å². The summed E-state index contributed by atoms with van der Waals surface area (Å²) in [7, 11) is -2.43. The van der Waals surface area contributed by atoms with E-state index in [2.05, 4.69) is 46.2 Å². The summed E-state index contributed by atoms with van der Waals surface area (Å²) in [6.45, 7) is 20.2. The minimum absolute atomic E-state index is 0.0235. The van der Waals surface area contributed by atoms with Gasteiger partial charge in [-0.3, -0.25) is 14.3 Å². The fourth-order valence-electron chi connectivity index (χ4n) is 5.09. The number of hydrogen-bond acceptors (Lipinski definition) is 8. The molecular formula is C26H42FN2O6PS2Si. The van der Waals surface area contributed by atoms with Crippen LogP contribution in [0, 0.1) is 12.8 Å². The van der Waals surface area contributed by atoms with Gasteiger partial charge in [-0.15, -0.1) is 0 Å². The summed E-state index contributed by atoms with van der Waals surface area (Å²) in [5.74, 6) is 0.401. The Labute approximate surface area is 240 Å². The molecule has 4 rings (SSSR count). The maximum absolute atomic E-state index is 16.1. The highest BCUT2D eigenvalue weighted by molar-refractivity contribution is 8.68. The number of aromatic nitrogens is 2. The van der Waals surface area contributed by atoms with Crippen LogP contribution in [-0.4, -0.2) is 53.7 Å². The topological polar surface area (TPSA) is 91.8 Å². The molecule has 8 nitrogen and oxygen atoms in total. The number of aromatic amines is 1. The van der Waals surface area contributed by atoms with Crippen molar-refractivity contribution in [1.82, 2.24) is 9.55 Å². The van der Waals surface area contributed by atoms with Crippen LogP contribution < -0.4 is 11.2 Å². The van der Waals surface area contributed by atoms with Gasteiger partial charge in [0, 0.05) is 16.5 Å². The van der Waals surface area contributed by atoms with Gasteiger partial charge in [0.2, 0.25) is 5.69 Å². The Morgan fingerprint density at radius 1 is 1.41 bits per heavy atom. The number of rotatable bonds is 7. The minimum atomic E-state index is -2.74. The van der Waals surface area contributed by atoms with Gasteiger partial charge >= 0.3 is 5.69 Å². The van der Waals surface area contributed by atoms with Crippen molar-refractivity contribution in [2.24, 2.45) is 5.92 Å². The van der Waals surface area contributed by atoms with E-state index >= 15 is 4.39 Å². The Balaban J connectivity index is 1.57. The maximum Gasteiger partial charge on any atom is 0.330 e. The third-order valence-electron chi connectivity index (χ3n) is 8.76. The number of H-pyrrole nitrogens is 1. The first kappa shape index (κ1) is 31.3. The summed E-state index contributed by atoms with van der Waals surface area (Å²) in [6, 6.07) is 0. The van der Waals surface area contributed by atoms with Crippen LogP contribution in [0.2, 0.25) is 18.1 Å². The zero-order valence-electron chi connectivity index (χ0n) is 24.1. The summed E-state index contributed by atoms with van der Waals surface area (Å²) >= 11 is 7.53. The Hall–Kier alpha value is -0.593. The number of hydrogen-bond donors (Lipinski definition) is 1. The largest absolute Gasteiger partial charge is 0.408 e. The fraction of sp³-hybridized carbons (Fsp3) is 0.769. The van der Waals surface area contributed by atoms with Crippen molar-refractivity contribution >= 4 is 37.2 Å². The molecule has 0 radical (unpaired) electrons. The smallest absolute Gasteiger partial charge is 0.330 e. The van der Waals surface area contributed by atoms with Crippen LogP contribution in [0.15, 0.2) is 27.9 Å². The second kappa shape index (κ2) is 10.9. The van der Waals surface area contributed by atoms with Crippen molar-refractivity contribution in [3.05, 3.63) is 44.8 Å². The number of alkyl halides is 1. The third kappa shape index (κ3) is 6.28. The predicted octanol–water partition coefficient (Wildman–Crippen LogP) is 5.98. The molecule has 1 saturated carbocycles. The minimum Gasteiger partial charge on any atom is -0.408 e. The van der Waals surface area contributed by atoms with Crippen LogP contribution in [0.4, 0.5) is 4.39 Å². The highest BCUT2D eigenvalue weighted by atomic mass is 32.9. The third-order valence-corrected chi connectivity index (χ3v) is 19.1. The van der Waals surface area contributed by atoms with E-state index in [0.717, 1.165) is 29.4 Å². The number of halogens is 1. The maximum atomic E-state index is 16.1. The van der Waals surface area contributed by atoms with Gasteiger partial charge in [0.1, 0.15) is 12.2 Å². The molecule has 8 atom stereocenters. The molecule has 3 fully saturated rings. The molecule has 220 valence electrons. The Kier molecular flexibility index (Phi) is 8.77. The van der Waals surface area contributed by atoms with E-state index in [4.69, 9.17) is 30.0 Å². The average Bonchev–Trinajstić information content (AvgIpc) is 3.25. The molecule has 2 aliphatic heterocycles. The molecule has 13 heteroatoms. The fourth-order valence-corrected chi connectivity index (χ4v) is 13.5. The molecule has 3 aliphatic rings. The lowest BCUT2D eigenvalue weighted by Gasteiger charge is -2.39. The molecule has 1 aliphatic carbocycles. The monoisotopic (exact) mass is 620 g/mol. The van der Waals surface area contributed by atoms with Crippen molar-refractivity contribution in [3.8, 4) is 0 Å². The number of aryl methyl sites for hydroxylation is 1. The van der Waals surface area contributed by atoms with Gasteiger partial charge in [0.25, 0.3) is 5.56 Å². The van der Waals surface area contributed by atoms with Crippen LogP contribution in [0.1, 0.15) is 65.7 Å². The lowest BCUT2D eigenvalue weighted by Crippen LogP contribution is -2.49. The van der Waals surface area contributed by atoms with E-state index < -0.39 is 49.9 Å². The van der Waals surface area contributed by atoms with Gasteiger partial charge in [-0.1, -0.05) is 44.3 Å². The molecule has 1 aromatic rings. The zero-order chi connectivity index (χ0) is 29.1. The van der Waals surface area contributed by atoms with Gasteiger partial charge in [-0.2, -0.15) is 0 Å². The van der Waals surface area contributed by atoms with Crippen LogP contribution in [0.25, 0.3) is 0 Å². The van der Waals surface area contributed by atoms with Gasteiger partial charge in [-0.05, 0) is 75.9 Å². The van der Waals surface area contributed by atoms with E-state index in [-0.39, 0.29) is 28.1 Å². The van der Waals surface area contributed by atoms with E-state index in [1.165, 1.54) is 6.20 Å². The van der Waals surface area contributed by atoms with Gasteiger partial charge in [-0.25, -0.2) is 9.18 Å². The number of nitrogens with zero attached hydrogens (tertiary/aromatic N) is 1. The van der Waals surface area contributed by atoms with Crippen molar-refractivity contribution in [2.75, 3.05) is 6.61 Å². The normalized spacial score (nSPS) is 37.2. The lowest BCUT2D eigenvalue weighted by atomic mass is 9.77. The molecule has 1 aromatic heterocycles. The molecule has 0 spiro atoms. The molecule has 0 aromatic carbocycles. The quantitative estimate of drug-likeness (QED) is 0.226. The van der Waals surface area contributed by atoms with Crippen LogP contribution >= 0.6 is 17.1 Å². The SMILES string of the molecule is C=C(C)[C@@H]1CC[C@]2(C)S[P@@](=S)(OC[C@H]3O[C@@H](n4cc(C)c(=O)[nH]c4=O)[C@H](F)[C@@H]3O[Si](C)(C)C(C)(C)C)O[C@H]2C1. The average molecular weight is 621 g/mol. The molecule has 1 N–H and O–H groups in total. The second-order valence-electron chi connectivity index (χ2n) is 12.9. The Morgan fingerprint density at radius 2 is 2.08 bits per heavy atom. The van der Waals surface area contributed by atoms with E-state index in [1.807, 2.05) is 13.1 Å². The molecule has 0 unspecified atom stereocenters. The highest BCUT2D eigenvalue weighted by Gasteiger charge is 2.55. The number of ether oxygens (including phenoxy) is 1. The first-order valence-electron chi connectivity index (χ1n) is 13.4. The molecule has 0 amide bonds. The van der Waals surface area contributed by atoms with Crippen molar-refractivity contribution in [2.45, 2.75) is 114 Å². The summed E-state index contributed by atoms with van der Waals surface area (Å²) in [5.41, 5.74) is -2.56. The number of fused-ring (bicyclic) bond motifs is 1.